The van der Waals surface area contributed by atoms with E-state index in [4.69, 9.17) is 17.0 Å². The third kappa shape index (κ3) is 4.59. The smallest absolute Gasteiger partial charge is 0.276 e. The molecule has 0 aliphatic carbocycles. The molecule has 2 aliphatic heterocycles. The van der Waals surface area contributed by atoms with Crippen molar-refractivity contribution in [3.8, 4) is 12.3 Å². The molecule has 0 spiro atoms. The summed E-state index contributed by atoms with van der Waals surface area (Å²) in [5, 5.41) is 19.4. The predicted molar refractivity (Wildman–Crippen MR) is 122 cm³/mol. The van der Waals surface area contributed by atoms with Crippen molar-refractivity contribution in [2.24, 2.45) is 5.16 Å². The SMILES string of the molecule is C#CCON=C(C(=O)NC1C(=O)N2C(C(=O)[O-])=C(C[n+]3ccccc3)CS[C@@H]12)c1csc(N)n1. The second-order valence-corrected chi connectivity index (χ2v) is 9.13. The fourth-order valence-electron chi connectivity index (χ4n) is 3.50. The van der Waals surface area contributed by atoms with Gasteiger partial charge in [-0.1, -0.05) is 17.1 Å². The molecule has 2 amide bonds. The Hall–Kier alpha value is -3.89. The number of carbonyl (C=O) groups excluding carboxylic acids is 3. The van der Waals surface area contributed by atoms with Gasteiger partial charge in [0.1, 0.15) is 17.1 Å². The first-order chi connectivity index (χ1) is 16.4. The number of terminal acetylenes is 1. The van der Waals surface area contributed by atoms with E-state index >= 15 is 0 Å². The molecule has 3 N–H and O–H groups in total. The van der Waals surface area contributed by atoms with Crippen LogP contribution in [0.5, 0.6) is 0 Å². The number of amides is 2. The van der Waals surface area contributed by atoms with Crippen molar-refractivity contribution in [2.75, 3.05) is 18.1 Å². The van der Waals surface area contributed by atoms with E-state index < -0.39 is 29.2 Å². The van der Waals surface area contributed by atoms with Crippen molar-refractivity contribution >= 4 is 51.7 Å². The van der Waals surface area contributed by atoms with E-state index in [1.807, 2.05) is 18.2 Å². The Balaban J connectivity index is 1.53. The van der Waals surface area contributed by atoms with Gasteiger partial charge in [-0.2, -0.15) is 0 Å². The quantitative estimate of drug-likeness (QED) is 0.111. The van der Waals surface area contributed by atoms with Gasteiger partial charge >= 0.3 is 0 Å². The Morgan fingerprint density at radius 3 is 2.82 bits per heavy atom. The van der Waals surface area contributed by atoms with Gasteiger partial charge in [0.25, 0.3) is 11.8 Å². The van der Waals surface area contributed by atoms with Crippen LogP contribution in [0.4, 0.5) is 5.13 Å². The summed E-state index contributed by atoms with van der Waals surface area (Å²) in [7, 11) is 0. The molecule has 1 saturated heterocycles. The number of carbonyl (C=O) groups is 3. The Morgan fingerprint density at radius 1 is 1.41 bits per heavy atom. The molecule has 2 aliphatic rings. The average molecular weight is 499 g/mol. The van der Waals surface area contributed by atoms with Crippen molar-refractivity contribution in [1.82, 2.24) is 15.2 Å². The van der Waals surface area contributed by atoms with Crippen LogP contribution in [-0.2, 0) is 25.8 Å². The Morgan fingerprint density at radius 2 is 2.18 bits per heavy atom. The van der Waals surface area contributed by atoms with Gasteiger partial charge in [0, 0.05) is 28.8 Å². The van der Waals surface area contributed by atoms with Crippen LogP contribution in [-0.4, -0.2) is 57.2 Å². The highest BCUT2D eigenvalue weighted by molar-refractivity contribution is 8.00. The largest absolute Gasteiger partial charge is 0.543 e. The fraction of sp³-hybridized carbons (Fsp3) is 0.238. The first kappa shape index (κ1) is 23.3. The van der Waals surface area contributed by atoms with Crippen LogP contribution >= 0.6 is 23.1 Å². The Labute approximate surface area is 202 Å². The maximum Gasteiger partial charge on any atom is 0.276 e. The van der Waals surface area contributed by atoms with Gasteiger partial charge in [0.15, 0.2) is 36.4 Å². The van der Waals surface area contributed by atoms with E-state index in [1.54, 1.807) is 17.0 Å². The molecule has 4 heterocycles. The number of hydrogen-bond donors (Lipinski definition) is 2. The molecule has 2 aromatic heterocycles. The number of thioether (sulfide) groups is 1. The molecule has 2 aromatic rings. The number of aromatic nitrogens is 2. The third-order valence-electron chi connectivity index (χ3n) is 4.96. The van der Waals surface area contributed by atoms with Gasteiger partial charge < -0.3 is 25.8 Å². The number of nitrogens with two attached hydrogens (primary N) is 1. The highest BCUT2D eigenvalue weighted by Gasteiger charge is 2.53. The van der Waals surface area contributed by atoms with Crippen molar-refractivity contribution in [3.05, 3.63) is 52.9 Å². The number of oxime groups is 1. The molecule has 0 aromatic carbocycles. The second kappa shape index (κ2) is 9.94. The highest BCUT2D eigenvalue weighted by atomic mass is 32.2. The van der Waals surface area contributed by atoms with E-state index in [2.05, 4.69) is 21.4 Å². The number of thiazole rings is 1. The molecule has 0 bridgehead atoms. The topological polar surface area (TPSA) is 154 Å². The number of pyridine rings is 1. The number of nitrogen functional groups attached to an aromatic ring is 1. The van der Waals surface area contributed by atoms with E-state index in [9.17, 15) is 19.5 Å². The normalized spacial score (nSPS) is 19.7. The molecular weight excluding hydrogens is 480 g/mol. The Bertz CT molecular complexity index is 1240. The third-order valence-corrected chi connectivity index (χ3v) is 6.97. The van der Waals surface area contributed by atoms with Gasteiger partial charge in [-0.3, -0.25) is 14.5 Å². The molecule has 174 valence electrons. The van der Waals surface area contributed by atoms with Crippen molar-refractivity contribution in [3.63, 3.8) is 0 Å². The standard InChI is InChI=1S/C21H18N6O5S2/c1-2-8-32-25-14(13-11-34-21(22)23-13)17(28)24-15-18(29)27-16(20(30)31)12(10-33-19(15)27)9-26-6-4-3-5-7-26/h1,3-7,11,15,19H,8-10H2,(H3-,22,23,24,28,30,31)/t15?,19-/m0/s1. The maximum absolute atomic E-state index is 12.9. The lowest BCUT2D eigenvalue weighted by atomic mass is 10.0. The number of carboxylic acids is 1. The summed E-state index contributed by atoms with van der Waals surface area (Å²) < 4.78 is 1.81. The fourth-order valence-corrected chi connectivity index (χ4v) is 5.38. The van der Waals surface area contributed by atoms with Gasteiger partial charge in [0.05, 0.1) is 11.7 Å². The number of rotatable bonds is 8. The second-order valence-electron chi connectivity index (χ2n) is 7.14. The van der Waals surface area contributed by atoms with Crippen LogP contribution in [0.25, 0.3) is 0 Å². The molecule has 13 heteroatoms. The first-order valence-corrected chi connectivity index (χ1v) is 11.8. The number of fused-ring (bicyclic) bond motifs is 1. The predicted octanol–water partition coefficient (Wildman–Crippen LogP) is -1.53. The zero-order chi connectivity index (χ0) is 24.2. The number of anilines is 1. The number of nitrogens with zero attached hydrogens (tertiary/aromatic N) is 4. The minimum absolute atomic E-state index is 0.162. The summed E-state index contributed by atoms with van der Waals surface area (Å²) in [6.45, 7) is 0.117. The summed E-state index contributed by atoms with van der Waals surface area (Å²) in [5.74, 6) is -0.170. The molecule has 34 heavy (non-hydrogen) atoms. The minimum atomic E-state index is -1.45. The lowest BCUT2D eigenvalue weighted by Crippen LogP contribution is -2.71. The van der Waals surface area contributed by atoms with Crippen molar-refractivity contribution in [2.45, 2.75) is 18.0 Å². The number of nitrogens with one attached hydrogen (secondary N) is 1. The zero-order valence-corrected chi connectivity index (χ0v) is 19.2. The monoisotopic (exact) mass is 498 g/mol. The van der Waals surface area contributed by atoms with Gasteiger partial charge in [-0.25, -0.2) is 9.55 Å². The average Bonchev–Trinajstić information content (AvgIpc) is 3.26. The summed E-state index contributed by atoms with van der Waals surface area (Å²) in [6, 6.07) is 4.52. The van der Waals surface area contributed by atoms with Gasteiger partial charge in [-0.15, -0.1) is 29.5 Å². The maximum atomic E-state index is 12.9. The van der Waals surface area contributed by atoms with Crippen LogP contribution in [0.3, 0.4) is 0 Å². The van der Waals surface area contributed by atoms with E-state index in [-0.39, 0.29) is 28.8 Å². The van der Waals surface area contributed by atoms with Crippen molar-refractivity contribution < 1.29 is 28.9 Å². The molecular formula is C21H18N6O5S2. The zero-order valence-electron chi connectivity index (χ0n) is 17.5. The molecule has 1 fully saturated rings. The molecule has 4 rings (SSSR count). The lowest BCUT2D eigenvalue weighted by molar-refractivity contribution is -0.689. The Kier molecular flexibility index (Phi) is 6.80. The van der Waals surface area contributed by atoms with E-state index in [1.165, 1.54) is 17.1 Å². The summed E-state index contributed by atoms with van der Waals surface area (Å²) in [6.07, 6.45) is 8.74. The van der Waals surface area contributed by atoms with Crippen LogP contribution in [0.15, 0.2) is 52.4 Å². The lowest BCUT2D eigenvalue weighted by Gasteiger charge is -2.50. The molecule has 11 nitrogen and oxygen atoms in total. The minimum Gasteiger partial charge on any atom is -0.543 e. The van der Waals surface area contributed by atoms with Crippen molar-refractivity contribution in [1.29, 1.82) is 0 Å². The number of carboxylic acid groups (broad SMARTS) is 1. The number of hydrogen-bond acceptors (Lipinski definition) is 10. The first-order valence-electron chi connectivity index (χ1n) is 9.88. The van der Waals surface area contributed by atoms with Crippen LogP contribution in [0, 0.1) is 12.3 Å². The summed E-state index contributed by atoms with van der Waals surface area (Å²) in [5.41, 5.74) is 5.97. The van der Waals surface area contributed by atoms with Crippen LogP contribution in [0.2, 0.25) is 0 Å². The van der Waals surface area contributed by atoms with E-state index in [0.29, 0.717) is 17.9 Å². The van der Waals surface area contributed by atoms with E-state index in [0.717, 1.165) is 16.2 Å². The molecule has 0 saturated carbocycles. The summed E-state index contributed by atoms with van der Waals surface area (Å²) >= 11 is 2.45. The molecule has 1 unspecified atom stereocenters. The van der Waals surface area contributed by atoms with Crippen LogP contribution in [0.1, 0.15) is 5.69 Å². The number of β-lactam (4-membered cyclic amide) rings is 1. The van der Waals surface area contributed by atoms with Gasteiger partial charge in [0.2, 0.25) is 0 Å². The highest BCUT2D eigenvalue weighted by Crippen LogP contribution is 2.40. The number of aliphatic carboxylic acids is 1. The molecule has 0 radical (unpaired) electrons. The van der Waals surface area contributed by atoms with Gasteiger partial charge in [-0.05, 0) is 0 Å². The summed E-state index contributed by atoms with van der Waals surface area (Å²) in [4.78, 5) is 47.9. The van der Waals surface area contributed by atoms with Crippen LogP contribution < -0.4 is 20.7 Å². The molecule has 2 atom stereocenters.